The molecule has 0 amide bonds. The second-order valence-corrected chi connectivity index (χ2v) is 2.80. The van der Waals surface area contributed by atoms with Gasteiger partial charge in [-0.05, 0) is 12.1 Å². The van der Waals surface area contributed by atoms with Crippen molar-refractivity contribution in [1.29, 1.82) is 0 Å². The Morgan fingerprint density at radius 3 is 2.64 bits per heavy atom. The van der Waals surface area contributed by atoms with Gasteiger partial charge in [-0.3, -0.25) is 0 Å². The van der Waals surface area contributed by atoms with Crippen LogP contribution in [0.25, 0.3) is 0 Å². The summed E-state index contributed by atoms with van der Waals surface area (Å²) in [6, 6.07) is 4.62. The Morgan fingerprint density at radius 1 is 1.55 bits per heavy atom. The molecule has 0 aliphatic carbocycles. The molecule has 0 saturated carbocycles. The van der Waals surface area contributed by atoms with Gasteiger partial charge in [0, 0.05) is 4.90 Å². The molecule has 1 rings (SSSR count). The molecule has 4 heteroatoms. The van der Waals surface area contributed by atoms with Crippen LogP contribution in [0, 0.1) is 0 Å². The number of thiol groups is 1. The van der Waals surface area contributed by atoms with Crippen molar-refractivity contribution in [3.8, 4) is 0 Å². The summed E-state index contributed by atoms with van der Waals surface area (Å²) in [6.45, 7) is 0. The zero-order valence-corrected chi connectivity index (χ0v) is 7.06. The number of halogens is 1. The number of carbonyl (C=O) groups is 1. The van der Waals surface area contributed by atoms with E-state index in [-0.39, 0.29) is 5.56 Å². The second kappa shape index (κ2) is 3.15. The van der Waals surface area contributed by atoms with E-state index in [1.807, 2.05) is 0 Å². The van der Waals surface area contributed by atoms with Gasteiger partial charge in [0.05, 0.1) is 10.6 Å². The quantitative estimate of drug-likeness (QED) is 0.664. The summed E-state index contributed by atoms with van der Waals surface area (Å²) in [5.41, 5.74) is 0.126. The molecule has 0 aromatic heterocycles. The highest BCUT2D eigenvalue weighted by molar-refractivity contribution is 7.80. The van der Waals surface area contributed by atoms with Crippen molar-refractivity contribution in [1.82, 2.24) is 0 Å². The topological polar surface area (TPSA) is 37.3 Å². The van der Waals surface area contributed by atoms with E-state index in [2.05, 4.69) is 12.6 Å². The van der Waals surface area contributed by atoms with E-state index in [0.717, 1.165) is 0 Å². The Labute approximate surface area is 74.2 Å². The fourth-order valence-electron chi connectivity index (χ4n) is 0.688. The van der Waals surface area contributed by atoms with Crippen LogP contribution in [-0.4, -0.2) is 11.1 Å². The van der Waals surface area contributed by atoms with Crippen LogP contribution in [0.15, 0.2) is 23.1 Å². The smallest absolute Gasteiger partial charge is 0.336 e. The summed E-state index contributed by atoms with van der Waals surface area (Å²) in [5.74, 6) is -1.02. The first-order chi connectivity index (χ1) is 5.13. The summed E-state index contributed by atoms with van der Waals surface area (Å²) in [4.78, 5) is 10.8. The highest BCUT2D eigenvalue weighted by Crippen LogP contribution is 2.23. The van der Waals surface area contributed by atoms with Crippen molar-refractivity contribution < 1.29 is 9.90 Å². The van der Waals surface area contributed by atoms with E-state index in [0.29, 0.717) is 9.92 Å². The number of benzene rings is 1. The molecule has 0 spiro atoms. The summed E-state index contributed by atoms with van der Waals surface area (Å²) in [7, 11) is 0. The minimum absolute atomic E-state index is 0.126. The van der Waals surface area contributed by atoms with Crippen molar-refractivity contribution >= 4 is 30.2 Å². The molecule has 0 aliphatic rings. The number of hydrogen-bond donors (Lipinski definition) is 2. The first-order valence-electron chi connectivity index (χ1n) is 2.83. The third-order valence-electron chi connectivity index (χ3n) is 1.22. The first-order valence-corrected chi connectivity index (χ1v) is 3.66. The van der Waals surface area contributed by atoms with Crippen LogP contribution in [0.5, 0.6) is 0 Å². The molecule has 0 saturated heterocycles. The Bertz CT molecular complexity index is 298. The van der Waals surface area contributed by atoms with Gasteiger partial charge in [0.1, 0.15) is 0 Å². The van der Waals surface area contributed by atoms with Crippen LogP contribution in [0.2, 0.25) is 5.02 Å². The Morgan fingerprint density at radius 2 is 2.18 bits per heavy atom. The zero-order valence-electron chi connectivity index (χ0n) is 5.41. The maximum atomic E-state index is 10.5. The zero-order chi connectivity index (χ0) is 8.43. The van der Waals surface area contributed by atoms with Crippen molar-refractivity contribution in [3.05, 3.63) is 28.8 Å². The lowest BCUT2D eigenvalue weighted by molar-refractivity contribution is 0.0693. The summed E-state index contributed by atoms with van der Waals surface area (Å²) in [5, 5.41) is 8.94. The molecular weight excluding hydrogens is 184 g/mol. The van der Waals surface area contributed by atoms with Gasteiger partial charge < -0.3 is 5.11 Å². The van der Waals surface area contributed by atoms with E-state index in [4.69, 9.17) is 16.7 Å². The van der Waals surface area contributed by atoms with Gasteiger partial charge in [0.2, 0.25) is 0 Å². The lowest BCUT2D eigenvalue weighted by Crippen LogP contribution is -1.97. The van der Waals surface area contributed by atoms with Crippen LogP contribution < -0.4 is 0 Å². The second-order valence-electron chi connectivity index (χ2n) is 1.94. The number of carboxylic acid groups (broad SMARTS) is 1. The van der Waals surface area contributed by atoms with Crippen LogP contribution >= 0.6 is 24.2 Å². The van der Waals surface area contributed by atoms with Gasteiger partial charge >= 0.3 is 5.97 Å². The molecule has 0 radical (unpaired) electrons. The van der Waals surface area contributed by atoms with Crippen molar-refractivity contribution in [2.24, 2.45) is 0 Å². The number of rotatable bonds is 1. The number of hydrogen-bond acceptors (Lipinski definition) is 2. The first kappa shape index (κ1) is 8.43. The van der Waals surface area contributed by atoms with Crippen molar-refractivity contribution in [2.75, 3.05) is 0 Å². The SMILES string of the molecule is O=C(O)c1cccc(Cl)c1S. The van der Waals surface area contributed by atoms with Crippen LogP contribution in [0.1, 0.15) is 10.4 Å². The Hall–Kier alpha value is -0.670. The summed E-state index contributed by atoms with van der Waals surface area (Å²) < 4.78 is 0. The van der Waals surface area contributed by atoms with E-state index in [9.17, 15) is 4.79 Å². The van der Waals surface area contributed by atoms with Gasteiger partial charge in [0.25, 0.3) is 0 Å². The molecule has 11 heavy (non-hydrogen) atoms. The maximum absolute atomic E-state index is 10.5. The van der Waals surface area contributed by atoms with Crippen molar-refractivity contribution in [2.45, 2.75) is 4.90 Å². The molecule has 0 aliphatic heterocycles. The van der Waals surface area contributed by atoms with Gasteiger partial charge in [-0.15, -0.1) is 12.6 Å². The summed E-state index contributed by atoms with van der Waals surface area (Å²) in [6.07, 6.45) is 0. The minimum atomic E-state index is -1.02. The predicted octanol–water partition coefficient (Wildman–Crippen LogP) is 2.33. The summed E-state index contributed by atoms with van der Waals surface area (Å²) >= 11 is 9.56. The predicted molar refractivity (Wildman–Crippen MR) is 45.7 cm³/mol. The number of carboxylic acids is 1. The fraction of sp³-hybridized carbons (Fsp3) is 0. The third kappa shape index (κ3) is 1.67. The molecule has 0 atom stereocenters. The van der Waals surface area contributed by atoms with E-state index in [1.54, 1.807) is 12.1 Å². The van der Waals surface area contributed by atoms with Gasteiger partial charge in [0.15, 0.2) is 0 Å². The largest absolute Gasteiger partial charge is 0.478 e. The molecule has 58 valence electrons. The van der Waals surface area contributed by atoms with Gasteiger partial charge in [-0.1, -0.05) is 17.7 Å². The molecule has 0 bridgehead atoms. The van der Waals surface area contributed by atoms with Gasteiger partial charge in [-0.2, -0.15) is 0 Å². The lowest BCUT2D eigenvalue weighted by atomic mass is 10.2. The molecule has 2 nitrogen and oxygen atoms in total. The number of aromatic carboxylic acids is 1. The molecule has 1 aromatic rings. The molecular formula is C7H5ClO2S. The van der Waals surface area contributed by atoms with Gasteiger partial charge in [-0.25, -0.2) is 4.79 Å². The highest BCUT2D eigenvalue weighted by Gasteiger charge is 2.08. The molecule has 1 N–H and O–H groups in total. The molecule has 1 aromatic carbocycles. The average Bonchev–Trinajstić information content (AvgIpc) is 1.94. The maximum Gasteiger partial charge on any atom is 0.336 e. The van der Waals surface area contributed by atoms with Crippen LogP contribution in [0.3, 0.4) is 0 Å². The standard InChI is InChI=1S/C7H5ClO2S/c8-5-3-1-2-4(6(5)11)7(9)10/h1-3,11H,(H,9,10). The molecule has 0 fully saturated rings. The normalized spacial score (nSPS) is 9.64. The minimum Gasteiger partial charge on any atom is -0.478 e. The van der Waals surface area contributed by atoms with Crippen LogP contribution in [-0.2, 0) is 0 Å². The lowest BCUT2D eigenvalue weighted by Gasteiger charge is -1.99. The molecule has 0 heterocycles. The van der Waals surface area contributed by atoms with Crippen molar-refractivity contribution in [3.63, 3.8) is 0 Å². The monoisotopic (exact) mass is 188 g/mol. The third-order valence-corrected chi connectivity index (χ3v) is 2.15. The highest BCUT2D eigenvalue weighted by atomic mass is 35.5. The van der Waals surface area contributed by atoms with E-state index >= 15 is 0 Å². The average molecular weight is 189 g/mol. The van der Waals surface area contributed by atoms with E-state index < -0.39 is 5.97 Å². The Kier molecular flexibility index (Phi) is 2.42. The molecule has 0 unspecified atom stereocenters. The van der Waals surface area contributed by atoms with E-state index in [1.165, 1.54) is 6.07 Å². The Balaban J connectivity index is 3.27. The fourth-order valence-corrected chi connectivity index (χ4v) is 1.11. The van der Waals surface area contributed by atoms with Crippen LogP contribution in [0.4, 0.5) is 0 Å².